The molecule has 5 heteroatoms. The van der Waals surface area contributed by atoms with E-state index in [2.05, 4.69) is 9.97 Å². The Labute approximate surface area is 109 Å². The molecule has 1 aliphatic rings. The van der Waals surface area contributed by atoms with Gasteiger partial charge in [-0.25, -0.2) is 4.98 Å². The van der Waals surface area contributed by atoms with Crippen LogP contribution >= 0.6 is 11.3 Å². The van der Waals surface area contributed by atoms with Gasteiger partial charge in [0, 0.05) is 11.6 Å². The maximum atomic E-state index is 11.8. The van der Waals surface area contributed by atoms with Crippen molar-refractivity contribution < 1.29 is 9.53 Å². The summed E-state index contributed by atoms with van der Waals surface area (Å²) >= 11 is 1.52. The van der Waals surface area contributed by atoms with Crippen molar-refractivity contribution in [1.29, 1.82) is 0 Å². The highest BCUT2D eigenvalue weighted by Gasteiger charge is 2.54. The van der Waals surface area contributed by atoms with Gasteiger partial charge in [0.1, 0.15) is 10.4 Å². The molecule has 0 saturated heterocycles. The van der Waals surface area contributed by atoms with Gasteiger partial charge in [0.25, 0.3) is 0 Å². The number of nitrogens with zero attached hydrogens (tertiary/aromatic N) is 2. The number of hydrogen-bond acceptors (Lipinski definition) is 5. The molecule has 3 rings (SSSR count). The van der Waals surface area contributed by atoms with Crippen LogP contribution in [-0.4, -0.2) is 23.0 Å². The van der Waals surface area contributed by atoms with Gasteiger partial charge in [0.15, 0.2) is 0 Å². The van der Waals surface area contributed by atoms with Crippen molar-refractivity contribution in [2.75, 3.05) is 7.11 Å². The molecular weight excluding hydrogens is 248 g/mol. The molecule has 1 aliphatic carbocycles. The van der Waals surface area contributed by atoms with Crippen molar-refractivity contribution >= 4 is 17.3 Å². The Morgan fingerprint density at radius 3 is 2.89 bits per heavy atom. The first-order valence-electron chi connectivity index (χ1n) is 5.72. The monoisotopic (exact) mass is 260 g/mol. The number of carbonyl (C=O) groups excluding carboxylic acids is 1. The minimum absolute atomic E-state index is 0.180. The third-order valence-corrected chi connectivity index (χ3v) is 4.07. The summed E-state index contributed by atoms with van der Waals surface area (Å²) < 4.78 is 4.86. The van der Waals surface area contributed by atoms with Crippen molar-refractivity contribution in [1.82, 2.24) is 9.97 Å². The zero-order chi connectivity index (χ0) is 12.6. The molecule has 1 fully saturated rings. The largest absolute Gasteiger partial charge is 0.468 e. The van der Waals surface area contributed by atoms with Crippen molar-refractivity contribution in [3.8, 4) is 10.7 Å². The predicted molar refractivity (Wildman–Crippen MR) is 68.3 cm³/mol. The van der Waals surface area contributed by atoms with Crippen LogP contribution in [-0.2, 0) is 14.9 Å². The number of ether oxygens (including phenoxy) is 1. The number of pyridine rings is 1. The molecular formula is C13H12N2O2S. The van der Waals surface area contributed by atoms with Crippen molar-refractivity contribution in [2.45, 2.75) is 18.3 Å². The normalized spacial score (nSPS) is 16.3. The summed E-state index contributed by atoms with van der Waals surface area (Å²) in [5, 5.41) is 2.79. The van der Waals surface area contributed by atoms with Gasteiger partial charge < -0.3 is 4.74 Å². The van der Waals surface area contributed by atoms with Crippen LogP contribution in [0.3, 0.4) is 0 Å². The van der Waals surface area contributed by atoms with Gasteiger partial charge in [-0.3, -0.25) is 9.78 Å². The highest BCUT2D eigenvalue weighted by molar-refractivity contribution is 7.13. The third-order valence-electron chi connectivity index (χ3n) is 3.20. The molecule has 2 aromatic heterocycles. The van der Waals surface area contributed by atoms with E-state index >= 15 is 0 Å². The predicted octanol–water partition coefficient (Wildman–Crippen LogP) is 2.41. The van der Waals surface area contributed by atoms with E-state index in [0.717, 1.165) is 29.2 Å². The third kappa shape index (κ3) is 1.71. The van der Waals surface area contributed by atoms with Gasteiger partial charge in [-0.15, -0.1) is 11.3 Å². The smallest absolute Gasteiger partial charge is 0.317 e. The molecule has 0 amide bonds. The lowest BCUT2D eigenvalue weighted by Crippen LogP contribution is -2.22. The molecule has 0 bridgehead atoms. The van der Waals surface area contributed by atoms with Gasteiger partial charge in [-0.1, -0.05) is 6.07 Å². The average molecular weight is 260 g/mol. The summed E-state index contributed by atoms with van der Waals surface area (Å²) in [5.41, 5.74) is 1.17. The van der Waals surface area contributed by atoms with Crippen molar-refractivity contribution in [3.63, 3.8) is 0 Å². The van der Waals surface area contributed by atoms with Gasteiger partial charge in [0.2, 0.25) is 0 Å². The zero-order valence-electron chi connectivity index (χ0n) is 9.92. The molecule has 1 saturated carbocycles. The van der Waals surface area contributed by atoms with Crippen LogP contribution in [0.25, 0.3) is 10.7 Å². The van der Waals surface area contributed by atoms with Gasteiger partial charge in [-0.2, -0.15) is 0 Å². The first-order valence-corrected chi connectivity index (χ1v) is 6.60. The number of rotatable bonds is 3. The molecule has 0 spiro atoms. The molecule has 0 atom stereocenters. The quantitative estimate of drug-likeness (QED) is 0.795. The second-order valence-corrected chi connectivity index (χ2v) is 5.18. The Morgan fingerprint density at radius 2 is 2.28 bits per heavy atom. The molecule has 0 aliphatic heterocycles. The fourth-order valence-corrected chi connectivity index (χ4v) is 2.88. The van der Waals surface area contributed by atoms with Crippen LogP contribution in [0.5, 0.6) is 0 Å². The minimum Gasteiger partial charge on any atom is -0.468 e. The number of methoxy groups -OCH3 is 1. The summed E-state index contributed by atoms with van der Waals surface area (Å²) in [6.45, 7) is 0. The van der Waals surface area contributed by atoms with E-state index in [-0.39, 0.29) is 5.97 Å². The summed E-state index contributed by atoms with van der Waals surface area (Å²) in [5.74, 6) is -0.180. The van der Waals surface area contributed by atoms with Crippen LogP contribution in [0.1, 0.15) is 18.5 Å². The fraction of sp³-hybridized carbons (Fsp3) is 0.308. The lowest BCUT2D eigenvalue weighted by Gasteiger charge is -2.08. The van der Waals surface area contributed by atoms with Gasteiger partial charge in [-0.05, 0) is 25.0 Å². The van der Waals surface area contributed by atoms with Gasteiger partial charge >= 0.3 is 5.97 Å². The van der Waals surface area contributed by atoms with Gasteiger partial charge in [0.05, 0.1) is 18.5 Å². The fourth-order valence-electron chi connectivity index (χ4n) is 1.99. The number of esters is 1. The summed E-state index contributed by atoms with van der Waals surface area (Å²) in [6, 6.07) is 5.71. The van der Waals surface area contributed by atoms with Crippen LogP contribution in [0.15, 0.2) is 29.8 Å². The lowest BCUT2D eigenvalue weighted by molar-refractivity contribution is -0.143. The Bertz CT molecular complexity index is 576. The lowest BCUT2D eigenvalue weighted by atomic mass is 10.0. The highest BCUT2D eigenvalue weighted by atomic mass is 32.1. The molecule has 18 heavy (non-hydrogen) atoms. The maximum Gasteiger partial charge on any atom is 0.317 e. The Kier molecular flexibility index (Phi) is 2.63. The van der Waals surface area contributed by atoms with Crippen LogP contribution in [0.2, 0.25) is 0 Å². The van der Waals surface area contributed by atoms with E-state index in [1.165, 1.54) is 18.4 Å². The molecule has 0 aromatic carbocycles. The van der Waals surface area contributed by atoms with Crippen molar-refractivity contribution in [2.24, 2.45) is 0 Å². The number of thiazole rings is 1. The molecule has 2 aromatic rings. The molecule has 0 radical (unpaired) electrons. The molecule has 2 heterocycles. The molecule has 0 N–H and O–H groups in total. The topological polar surface area (TPSA) is 52.1 Å². The molecule has 4 nitrogen and oxygen atoms in total. The van der Waals surface area contributed by atoms with E-state index in [1.54, 1.807) is 6.20 Å². The maximum absolute atomic E-state index is 11.8. The Hall–Kier alpha value is -1.75. The van der Waals surface area contributed by atoms with E-state index in [9.17, 15) is 4.79 Å². The number of carbonyl (C=O) groups is 1. The average Bonchev–Trinajstić information content (AvgIpc) is 3.09. The first kappa shape index (κ1) is 11.3. The first-order chi connectivity index (χ1) is 8.76. The van der Waals surface area contributed by atoms with Crippen molar-refractivity contribution in [3.05, 3.63) is 35.5 Å². The van der Waals surface area contributed by atoms with E-state index in [1.807, 2.05) is 23.6 Å². The van der Waals surface area contributed by atoms with E-state index < -0.39 is 5.41 Å². The van der Waals surface area contributed by atoms with Crippen LogP contribution in [0, 0.1) is 0 Å². The minimum atomic E-state index is -0.488. The number of hydrogen-bond donors (Lipinski definition) is 0. The Morgan fingerprint density at radius 1 is 1.44 bits per heavy atom. The highest BCUT2D eigenvalue weighted by Crippen LogP contribution is 2.49. The second-order valence-electron chi connectivity index (χ2n) is 4.33. The molecule has 92 valence electrons. The van der Waals surface area contributed by atoms with E-state index in [0.29, 0.717) is 0 Å². The van der Waals surface area contributed by atoms with Crippen LogP contribution < -0.4 is 0 Å². The summed E-state index contributed by atoms with van der Waals surface area (Å²) in [4.78, 5) is 20.6. The van der Waals surface area contributed by atoms with Crippen LogP contribution in [0.4, 0.5) is 0 Å². The zero-order valence-corrected chi connectivity index (χ0v) is 10.7. The van der Waals surface area contributed by atoms with E-state index in [4.69, 9.17) is 4.74 Å². The summed E-state index contributed by atoms with van der Waals surface area (Å²) in [7, 11) is 1.43. The summed E-state index contributed by atoms with van der Waals surface area (Å²) in [6.07, 6.45) is 3.39. The second kappa shape index (κ2) is 4.17. The molecule has 0 unspecified atom stereocenters. The number of aromatic nitrogens is 2. The standard InChI is InChI=1S/C13H12N2O2S/c1-17-12(16)13(5-6-13)10-8-18-11(15-10)9-4-2-3-7-14-9/h2-4,7-8H,5-6H2,1H3. The SMILES string of the molecule is COC(=O)C1(c2csc(-c3ccccn3)n2)CC1. The Balaban J connectivity index is 1.94.